The molecule has 1 heterocycles. The molecule has 0 aliphatic carbocycles. The molecule has 0 aromatic heterocycles. The first kappa shape index (κ1) is 13.7. The Morgan fingerprint density at radius 2 is 1.67 bits per heavy atom. The lowest BCUT2D eigenvalue weighted by molar-refractivity contribution is 0.494. The van der Waals surface area contributed by atoms with Gasteiger partial charge in [-0.05, 0) is 18.1 Å². The van der Waals surface area contributed by atoms with Crippen LogP contribution in [0.25, 0.3) is 0 Å². The van der Waals surface area contributed by atoms with Crippen LogP contribution in [0.15, 0.2) is 0 Å². The van der Waals surface area contributed by atoms with Gasteiger partial charge in [-0.2, -0.15) is 11.8 Å². The molecule has 0 amide bonds. The minimum atomic E-state index is 0.468. The second-order valence-corrected chi connectivity index (χ2v) is 6.36. The summed E-state index contributed by atoms with van der Waals surface area (Å²) in [6.07, 6.45) is 11.3. The van der Waals surface area contributed by atoms with Crippen LogP contribution in [0.4, 0.5) is 0 Å². The van der Waals surface area contributed by atoms with Crippen LogP contribution in [0.1, 0.15) is 58.3 Å². The van der Waals surface area contributed by atoms with E-state index in [1.807, 2.05) is 11.8 Å². The smallest absolute Gasteiger partial charge is 0.0462 e. The normalized spacial score (nSPS) is 26.0. The van der Waals surface area contributed by atoms with E-state index in [1.54, 1.807) is 0 Å². The summed E-state index contributed by atoms with van der Waals surface area (Å²) in [4.78, 5) is 0. The summed E-state index contributed by atoms with van der Waals surface area (Å²) in [5, 5.41) is 0.468. The van der Waals surface area contributed by atoms with Crippen molar-refractivity contribution in [2.75, 3.05) is 11.5 Å². The van der Waals surface area contributed by atoms with Crippen LogP contribution < -0.4 is 0 Å². The zero-order valence-electron chi connectivity index (χ0n) is 10.0. The molecule has 2 heteroatoms. The summed E-state index contributed by atoms with van der Waals surface area (Å²) in [6, 6.07) is 0. The summed E-state index contributed by atoms with van der Waals surface area (Å²) in [6.45, 7) is 2.28. The number of hydrogen-bond acceptors (Lipinski definition) is 1. The minimum Gasteiger partial charge on any atom is -0.160 e. The molecule has 2 atom stereocenters. The third-order valence-corrected chi connectivity index (χ3v) is 5.25. The fraction of sp³-hybridized carbons (Fsp3) is 1.00. The molecule has 1 fully saturated rings. The van der Waals surface area contributed by atoms with E-state index in [0.29, 0.717) is 5.38 Å². The molecule has 0 N–H and O–H groups in total. The molecule has 0 spiro atoms. The van der Waals surface area contributed by atoms with Gasteiger partial charge in [0, 0.05) is 11.1 Å². The highest BCUT2D eigenvalue weighted by atomic mass is 35.5. The van der Waals surface area contributed by atoms with Gasteiger partial charge in [0.15, 0.2) is 0 Å². The Balaban J connectivity index is 1.84. The third-order valence-electron chi connectivity index (χ3n) is 3.30. The predicted molar refractivity (Wildman–Crippen MR) is 73.1 cm³/mol. The van der Waals surface area contributed by atoms with Gasteiger partial charge in [0.25, 0.3) is 0 Å². The first-order valence-corrected chi connectivity index (χ1v) is 8.15. The minimum absolute atomic E-state index is 0.468. The van der Waals surface area contributed by atoms with Gasteiger partial charge in [-0.3, -0.25) is 0 Å². The number of halogens is 1. The molecule has 1 saturated heterocycles. The first-order valence-electron chi connectivity index (χ1n) is 6.56. The van der Waals surface area contributed by atoms with Crippen LogP contribution in [-0.4, -0.2) is 16.9 Å². The van der Waals surface area contributed by atoms with E-state index in [1.165, 1.54) is 62.9 Å². The van der Waals surface area contributed by atoms with Crippen molar-refractivity contribution in [1.29, 1.82) is 0 Å². The molecule has 0 aromatic rings. The number of unbranched alkanes of at least 4 members (excludes halogenated alkanes) is 6. The zero-order valence-corrected chi connectivity index (χ0v) is 11.6. The molecule has 0 radical (unpaired) electrons. The van der Waals surface area contributed by atoms with Gasteiger partial charge in [-0.15, -0.1) is 11.6 Å². The van der Waals surface area contributed by atoms with Crippen LogP contribution in [0, 0.1) is 5.92 Å². The van der Waals surface area contributed by atoms with Crippen LogP contribution in [0.2, 0.25) is 0 Å². The Kier molecular flexibility index (Phi) is 8.00. The molecule has 0 nitrogen and oxygen atoms in total. The van der Waals surface area contributed by atoms with Crippen molar-refractivity contribution in [2.24, 2.45) is 5.92 Å². The lowest BCUT2D eigenvalue weighted by Crippen LogP contribution is -2.11. The average Bonchev–Trinajstić information content (AvgIpc) is 2.63. The average molecular weight is 249 g/mol. The summed E-state index contributed by atoms with van der Waals surface area (Å²) >= 11 is 8.27. The maximum atomic E-state index is 6.24. The molecule has 0 aromatic carbocycles. The van der Waals surface area contributed by atoms with Crippen molar-refractivity contribution < 1.29 is 0 Å². The van der Waals surface area contributed by atoms with Crippen LogP contribution in [0.5, 0.6) is 0 Å². The number of rotatable bonds is 8. The third kappa shape index (κ3) is 6.06. The SMILES string of the molecule is CCCCCCCCCC1CSCC1Cl. The van der Waals surface area contributed by atoms with Gasteiger partial charge in [-0.25, -0.2) is 0 Å². The Morgan fingerprint density at radius 3 is 2.27 bits per heavy atom. The summed E-state index contributed by atoms with van der Waals surface area (Å²) in [5.74, 6) is 3.31. The molecule has 1 rings (SSSR count). The van der Waals surface area contributed by atoms with Crippen LogP contribution >= 0.6 is 23.4 Å². The predicted octanol–water partition coefficient (Wildman–Crippen LogP) is 5.10. The highest BCUT2D eigenvalue weighted by molar-refractivity contribution is 7.99. The highest BCUT2D eigenvalue weighted by Crippen LogP contribution is 2.32. The van der Waals surface area contributed by atoms with Crippen molar-refractivity contribution in [2.45, 2.75) is 63.7 Å². The molecule has 2 unspecified atom stereocenters. The Bertz CT molecular complexity index is 149. The molecule has 90 valence electrons. The van der Waals surface area contributed by atoms with E-state index in [9.17, 15) is 0 Å². The van der Waals surface area contributed by atoms with E-state index in [0.717, 1.165) is 5.92 Å². The van der Waals surface area contributed by atoms with Gasteiger partial charge in [0.1, 0.15) is 0 Å². The van der Waals surface area contributed by atoms with Crippen molar-refractivity contribution in [1.82, 2.24) is 0 Å². The van der Waals surface area contributed by atoms with Gasteiger partial charge < -0.3 is 0 Å². The van der Waals surface area contributed by atoms with E-state index >= 15 is 0 Å². The molecular formula is C13H25ClS. The summed E-state index contributed by atoms with van der Waals surface area (Å²) in [5.41, 5.74) is 0. The van der Waals surface area contributed by atoms with E-state index < -0.39 is 0 Å². The topological polar surface area (TPSA) is 0 Å². The van der Waals surface area contributed by atoms with Crippen LogP contribution in [0.3, 0.4) is 0 Å². The Morgan fingerprint density at radius 1 is 1.00 bits per heavy atom. The van der Waals surface area contributed by atoms with Gasteiger partial charge in [-0.1, -0.05) is 51.9 Å². The molecule has 1 aliphatic rings. The van der Waals surface area contributed by atoms with Crippen molar-refractivity contribution >= 4 is 23.4 Å². The maximum Gasteiger partial charge on any atom is 0.0462 e. The Labute approximate surface area is 105 Å². The van der Waals surface area contributed by atoms with Crippen molar-refractivity contribution in [3.05, 3.63) is 0 Å². The van der Waals surface area contributed by atoms with E-state index in [-0.39, 0.29) is 0 Å². The largest absolute Gasteiger partial charge is 0.160 e. The van der Waals surface area contributed by atoms with E-state index in [2.05, 4.69) is 6.92 Å². The fourth-order valence-corrected chi connectivity index (χ4v) is 4.12. The van der Waals surface area contributed by atoms with Gasteiger partial charge in [0.05, 0.1) is 0 Å². The fourth-order valence-electron chi connectivity index (χ4n) is 2.20. The molecule has 1 aliphatic heterocycles. The van der Waals surface area contributed by atoms with Crippen molar-refractivity contribution in [3.63, 3.8) is 0 Å². The lowest BCUT2D eigenvalue weighted by Gasteiger charge is -2.11. The molecule has 15 heavy (non-hydrogen) atoms. The highest BCUT2D eigenvalue weighted by Gasteiger charge is 2.24. The molecule has 0 bridgehead atoms. The summed E-state index contributed by atoms with van der Waals surface area (Å²) < 4.78 is 0. The molecular weight excluding hydrogens is 224 g/mol. The lowest BCUT2D eigenvalue weighted by atomic mass is 9.99. The maximum absolute atomic E-state index is 6.24. The zero-order chi connectivity index (χ0) is 10.9. The first-order chi connectivity index (χ1) is 7.34. The second-order valence-electron chi connectivity index (χ2n) is 4.72. The monoisotopic (exact) mass is 248 g/mol. The second kappa shape index (κ2) is 8.75. The molecule has 0 saturated carbocycles. The van der Waals surface area contributed by atoms with Gasteiger partial charge in [0.2, 0.25) is 0 Å². The quantitative estimate of drug-likeness (QED) is 0.426. The van der Waals surface area contributed by atoms with Crippen molar-refractivity contribution in [3.8, 4) is 0 Å². The Hall–Kier alpha value is 0.640. The number of thioether (sulfide) groups is 1. The number of alkyl halides is 1. The van der Waals surface area contributed by atoms with Crippen LogP contribution in [-0.2, 0) is 0 Å². The van der Waals surface area contributed by atoms with Gasteiger partial charge >= 0.3 is 0 Å². The number of hydrogen-bond donors (Lipinski definition) is 0. The standard InChI is InChI=1S/C13H25ClS/c1-2-3-4-5-6-7-8-9-12-10-15-11-13(12)14/h12-13H,2-11H2,1H3. The van der Waals surface area contributed by atoms with E-state index in [4.69, 9.17) is 11.6 Å². The summed E-state index contributed by atoms with van der Waals surface area (Å²) in [7, 11) is 0.